The monoisotopic (exact) mass is 336 g/mol. The molecule has 0 heterocycles. The zero-order valence-corrected chi connectivity index (χ0v) is 12.7. The molecular weight excluding hydrogens is 321 g/mol. The van der Waals surface area contributed by atoms with Gasteiger partial charge in [-0.25, -0.2) is 0 Å². The number of ether oxygens (including phenoxy) is 1. The molecule has 3 nitrogen and oxygen atoms in total. The Balaban J connectivity index is 2.72. The van der Waals surface area contributed by atoms with E-state index in [1.807, 2.05) is 0 Å². The van der Waals surface area contributed by atoms with Crippen molar-refractivity contribution in [2.45, 2.75) is 43.7 Å². The van der Waals surface area contributed by atoms with Crippen LogP contribution in [0.1, 0.15) is 43.2 Å². The molecule has 22 heavy (non-hydrogen) atoms. The van der Waals surface area contributed by atoms with Gasteiger partial charge >= 0.3 is 12.1 Å². The quantitative estimate of drug-likeness (QED) is 0.873. The first kappa shape index (κ1) is 16.9. The van der Waals surface area contributed by atoms with Crippen LogP contribution in [0.2, 0.25) is 5.02 Å². The molecule has 7 heteroatoms. The van der Waals surface area contributed by atoms with Gasteiger partial charge in [0.05, 0.1) is 18.1 Å². The topological polar surface area (TPSA) is 46.5 Å². The Labute approximate surface area is 131 Å². The van der Waals surface area contributed by atoms with Crippen molar-refractivity contribution in [1.29, 1.82) is 0 Å². The van der Waals surface area contributed by atoms with Crippen LogP contribution in [0.15, 0.2) is 12.1 Å². The van der Waals surface area contributed by atoms with Crippen LogP contribution in [0.5, 0.6) is 5.75 Å². The van der Waals surface area contributed by atoms with Crippen molar-refractivity contribution in [3.63, 3.8) is 0 Å². The van der Waals surface area contributed by atoms with Crippen LogP contribution < -0.4 is 4.74 Å². The summed E-state index contributed by atoms with van der Waals surface area (Å²) < 4.78 is 44.6. The normalized spacial score (nSPS) is 18.0. The maximum atomic E-state index is 13.2. The second-order valence-corrected chi connectivity index (χ2v) is 5.92. The zero-order chi connectivity index (χ0) is 16.5. The molecule has 2 rings (SSSR count). The van der Waals surface area contributed by atoms with Gasteiger partial charge in [0.2, 0.25) is 0 Å². The number of hydrogen-bond donors (Lipinski definition) is 1. The molecule has 1 aromatic carbocycles. The number of halogens is 4. The molecule has 0 spiro atoms. The minimum atomic E-state index is -4.67. The van der Waals surface area contributed by atoms with Crippen molar-refractivity contribution in [2.24, 2.45) is 0 Å². The van der Waals surface area contributed by atoms with E-state index in [1.54, 1.807) is 0 Å². The highest BCUT2D eigenvalue weighted by atomic mass is 35.5. The van der Waals surface area contributed by atoms with Gasteiger partial charge in [-0.2, -0.15) is 13.2 Å². The van der Waals surface area contributed by atoms with Gasteiger partial charge in [-0.05, 0) is 25.0 Å². The number of carboxylic acids is 1. The van der Waals surface area contributed by atoms with Gasteiger partial charge in [0.1, 0.15) is 5.75 Å². The molecule has 0 atom stereocenters. The molecule has 0 amide bonds. The van der Waals surface area contributed by atoms with E-state index < -0.39 is 28.9 Å². The molecule has 0 bridgehead atoms. The van der Waals surface area contributed by atoms with Crippen LogP contribution >= 0.6 is 11.6 Å². The Morgan fingerprint density at radius 2 is 1.86 bits per heavy atom. The number of carbonyl (C=O) groups is 1. The zero-order valence-electron chi connectivity index (χ0n) is 12.0. The van der Waals surface area contributed by atoms with E-state index in [2.05, 4.69) is 0 Å². The molecule has 0 saturated heterocycles. The lowest BCUT2D eigenvalue weighted by Crippen LogP contribution is -2.38. The Bertz CT molecular complexity index is 578. The van der Waals surface area contributed by atoms with Gasteiger partial charge in [-0.3, -0.25) is 4.79 Å². The first-order chi connectivity index (χ1) is 10.2. The largest absolute Gasteiger partial charge is 0.496 e. The molecule has 0 aromatic heterocycles. The lowest BCUT2D eigenvalue weighted by molar-refractivity contribution is -0.146. The van der Waals surface area contributed by atoms with Crippen LogP contribution in [0.25, 0.3) is 0 Å². The molecule has 1 aliphatic carbocycles. The predicted molar refractivity (Wildman–Crippen MR) is 75.4 cm³/mol. The molecule has 1 N–H and O–H groups in total. The molecule has 1 aromatic rings. The van der Waals surface area contributed by atoms with Crippen molar-refractivity contribution in [1.82, 2.24) is 0 Å². The van der Waals surface area contributed by atoms with Gasteiger partial charge in [0.15, 0.2) is 0 Å². The summed E-state index contributed by atoms with van der Waals surface area (Å²) in [6.07, 6.45) is -1.97. The average Bonchev–Trinajstić information content (AvgIpc) is 2.46. The third-order valence-corrected chi connectivity index (χ3v) is 4.41. The number of rotatable bonds is 3. The van der Waals surface area contributed by atoms with Crippen molar-refractivity contribution < 1.29 is 27.8 Å². The van der Waals surface area contributed by atoms with E-state index in [9.17, 15) is 23.1 Å². The van der Waals surface area contributed by atoms with E-state index >= 15 is 0 Å². The van der Waals surface area contributed by atoms with Crippen LogP contribution in [0.4, 0.5) is 13.2 Å². The third-order valence-electron chi connectivity index (χ3n) is 4.20. The fraction of sp³-hybridized carbons (Fsp3) is 0.533. The minimum absolute atomic E-state index is 0.0158. The first-order valence-electron chi connectivity index (χ1n) is 6.91. The van der Waals surface area contributed by atoms with Gasteiger partial charge in [-0.15, -0.1) is 0 Å². The number of alkyl halides is 3. The Hall–Kier alpha value is -1.43. The summed E-state index contributed by atoms with van der Waals surface area (Å²) in [5.41, 5.74) is -2.40. The molecular formula is C15H16ClF3O3. The van der Waals surface area contributed by atoms with Gasteiger partial charge < -0.3 is 9.84 Å². The number of carboxylic acid groups (broad SMARTS) is 1. The summed E-state index contributed by atoms with van der Waals surface area (Å²) in [7, 11) is 1.11. The van der Waals surface area contributed by atoms with Crippen molar-refractivity contribution in [3.05, 3.63) is 28.3 Å². The van der Waals surface area contributed by atoms with Gasteiger partial charge in [0, 0.05) is 10.6 Å². The maximum Gasteiger partial charge on any atom is 0.420 e. The molecule has 122 valence electrons. The Kier molecular flexibility index (Phi) is 4.61. The van der Waals surface area contributed by atoms with Crippen LogP contribution in [0, 0.1) is 0 Å². The molecule has 1 fully saturated rings. The second kappa shape index (κ2) is 5.99. The average molecular weight is 337 g/mol. The smallest absolute Gasteiger partial charge is 0.420 e. The van der Waals surface area contributed by atoms with Crippen LogP contribution in [-0.2, 0) is 16.4 Å². The number of aliphatic carboxylic acids is 1. The standard InChI is InChI=1S/C15H16ClF3O3/c1-22-12-10(7-9(16)8-11(12)15(17,18)19)14(13(20)21)5-3-2-4-6-14/h7-8H,2-6H2,1H3,(H,20,21). The van der Waals surface area contributed by atoms with Crippen LogP contribution in [-0.4, -0.2) is 18.2 Å². The van der Waals surface area contributed by atoms with E-state index in [-0.39, 0.29) is 23.4 Å². The molecule has 1 saturated carbocycles. The Morgan fingerprint density at radius 3 is 2.32 bits per heavy atom. The van der Waals surface area contributed by atoms with E-state index in [0.29, 0.717) is 12.8 Å². The van der Waals surface area contributed by atoms with Crippen molar-refractivity contribution in [3.8, 4) is 5.75 Å². The highest BCUT2D eigenvalue weighted by Gasteiger charge is 2.46. The summed E-state index contributed by atoms with van der Waals surface area (Å²) in [4.78, 5) is 11.8. The summed E-state index contributed by atoms with van der Waals surface area (Å²) in [6, 6.07) is 2.05. The highest BCUT2D eigenvalue weighted by molar-refractivity contribution is 6.30. The molecule has 0 unspecified atom stereocenters. The molecule has 0 aliphatic heterocycles. The molecule has 0 radical (unpaired) electrons. The summed E-state index contributed by atoms with van der Waals surface area (Å²) in [6.45, 7) is 0. The van der Waals surface area contributed by atoms with E-state index in [4.69, 9.17) is 16.3 Å². The van der Waals surface area contributed by atoms with E-state index in [1.165, 1.54) is 6.07 Å². The summed E-state index contributed by atoms with van der Waals surface area (Å²) in [5, 5.41) is 9.52. The Morgan fingerprint density at radius 1 is 1.27 bits per heavy atom. The SMILES string of the molecule is COc1c(C(F)(F)F)cc(Cl)cc1C1(C(=O)O)CCCCC1. The number of hydrogen-bond acceptors (Lipinski definition) is 2. The van der Waals surface area contributed by atoms with E-state index in [0.717, 1.165) is 19.6 Å². The van der Waals surface area contributed by atoms with Gasteiger partial charge in [0.25, 0.3) is 0 Å². The first-order valence-corrected chi connectivity index (χ1v) is 7.29. The lowest BCUT2D eigenvalue weighted by Gasteiger charge is -2.35. The predicted octanol–water partition coefficient (Wildman–Crippen LogP) is 4.65. The maximum absolute atomic E-state index is 13.2. The van der Waals surface area contributed by atoms with Crippen molar-refractivity contribution >= 4 is 17.6 Å². The lowest BCUT2D eigenvalue weighted by atomic mass is 9.68. The summed E-state index contributed by atoms with van der Waals surface area (Å²) in [5.74, 6) is -1.58. The third kappa shape index (κ3) is 2.89. The fourth-order valence-corrected chi connectivity index (χ4v) is 3.35. The minimum Gasteiger partial charge on any atom is -0.496 e. The second-order valence-electron chi connectivity index (χ2n) is 5.48. The fourth-order valence-electron chi connectivity index (χ4n) is 3.13. The highest BCUT2D eigenvalue weighted by Crippen LogP contribution is 2.48. The van der Waals surface area contributed by atoms with Gasteiger partial charge in [-0.1, -0.05) is 30.9 Å². The van der Waals surface area contributed by atoms with Crippen LogP contribution in [0.3, 0.4) is 0 Å². The summed E-state index contributed by atoms with van der Waals surface area (Å²) >= 11 is 5.82. The number of methoxy groups -OCH3 is 1. The molecule has 1 aliphatic rings. The number of benzene rings is 1. The van der Waals surface area contributed by atoms with Crippen molar-refractivity contribution in [2.75, 3.05) is 7.11 Å².